The maximum Gasteiger partial charge on any atom is 0.254 e. The lowest BCUT2D eigenvalue weighted by Gasteiger charge is -2.21. The van der Waals surface area contributed by atoms with Crippen LogP contribution in [0.25, 0.3) is 0 Å². The minimum atomic E-state index is 0.0338. The van der Waals surface area contributed by atoms with Crippen molar-refractivity contribution in [2.45, 2.75) is 19.8 Å². The Kier molecular flexibility index (Phi) is 6.70. The predicted octanol–water partition coefficient (Wildman–Crippen LogP) is 1.93. The third kappa shape index (κ3) is 4.42. The minimum Gasteiger partial charge on any atom is -0.328 e. The Bertz CT molecular complexity index is 448. The van der Waals surface area contributed by atoms with Gasteiger partial charge in [0.1, 0.15) is 0 Å². The summed E-state index contributed by atoms with van der Waals surface area (Å²) in [6.07, 6.45) is 7.09. The molecule has 0 spiro atoms. The Hall–Kier alpha value is -1.79. The average molecular weight is 258 g/mol. The molecule has 102 valence electrons. The van der Waals surface area contributed by atoms with Gasteiger partial charge >= 0.3 is 0 Å². The van der Waals surface area contributed by atoms with Crippen LogP contribution in [0.15, 0.2) is 24.3 Å². The number of benzene rings is 1. The van der Waals surface area contributed by atoms with Crippen molar-refractivity contribution >= 4 is 5.91 Å². The summed E-state index contributed by atoms with van der Waals surface area (Å²) in [6.45, 7) is 3.97. The van der Waals surface area contributed by atoms with E-state index in [-0.39, 0.29) is 5.91 Å². The molecule has 0 bridgehead atoms. The second-order valence-corrected chi connectivity index (χ2v) is 4.44. The van der Waals surface area contributed by atoms with Crippen LogP contribution >= 0.6 is 0 Å². The molecular formula is C16H22N2O. The molecule has 0 unspecified atom stereocenters. The average Bonchev–Trinajstić information content (AvgIpc) is 2.44. The molecule has 1 amide bonds. The second-order valence-electron chi connectivity index (χ2n) is 4.44. The molecule has 0 aliphatic rings. The van der Waals surface area contributed by atoms with E-state index in [0.717, 1.165) is 30.5 Å². The molecule has 1 aromatic carbocycles. The highest BCUT2D eigenvalue weighted by Crippen LogP contribution is 2.12. The van der Waals surface area contributed by atoms with Gasteiger partial charge in [-0.2, -0.15) is 0 Å². The van der Waals surface area contributed by atoms with Crippen molar-refractivity contribution in [2.24, 2.45) is 0 Å². The summed E-state index contributed by atoms with van der Waals surface area (Å²) in [5.41, 5.74) is 1.83. The second kappa shape index (κ2) is 8.34. The number of carbonyl (C=O) groups excluding carboxylic acids is 1. The number of nitrogens with zero attached hydrogens (tertiary/aromatic N) is 1. The van der Waals surface area contributed by atoms with Gasteiger partial charge in [-0.25, -0.2) is 0 Å². The predicted molar refractivity (Wildman–Crippen MR) is 79.1 cm³/mol. The first-order chi connectivity index (χ1) is 9.24. The van der Waals surface area contributed by atoms with E-state index in [0.29, 0.717) is 13.1 Å². The molecule has 0 radical (unpaired) electrons. The summed E-state index contributed by atoms with van der Waals surface area (Å²) >= 11 is 0. The Labute approximate surface area is 116 Å². The van der Waals surface area contributed by atoms with Crippen molar-refractivity contribution in [1.82, 2.24) is 10.2 Å². The molecule has 0 aromatic heterocycles. The lowest BCUT2D eigenvalue weighted by Crippen LogP contribution is -2.33. The zero-order chi connectivity index (χ0) is 14.1. The van der Waals surface area contributed by atoms with Gasteiger partial charge in [0.2, 0.25) is 0 Å². The van der Waals surface area contributed by atoms with E-state index in [1.807, 2.05) is 38.2 Å². The lowest BCUT2D eigenvalue weighted by atomic mass is 10.0. The van der Waals surface area contributed by atoms with Crippen LogP contribution in [0, 0.1) is 12.3 Å². The van der Waals surface area contributed by atoms with Crippen LogP contribution in [0.1, 0.15) is 29.3 Å². The molecule has 0 heterocycles. The molecule has 0 atom stereocenters. The zero-order valence-electron chi connectivity index (χ0n) is 11.8. The van der Waals surface area contributed by atoms with Crippen molar-refractivity contribution < 1.29 is 4.79 Å². The lowest BCUT2D eigenvalue weighted by molar-refractivity contribution is 0.0776. The number of hydrogen-bond acceptors (Lipinski definition) is 2. The van der Waals surface area contributed by atoms with Gasteiger partial charge in [-0.05, 0) is 38.1 Å². The number of hydrogen-bond donors (Lipinski definition) is 1. The first-order valence-electron chi connectivity index (χ1n) is 6.69. The van der Waals surface area contributed by atoms with Crippen LogP contribution in [0.2, 0.25) is 0 Å². The fraction of sp³-hybridized carbons (Fsp3) is 0.438. The van der Waals surface area contributed by atoms with Crippen LogP contribution in [-0.4, -0.2) is 37.5 Å². The molecular weight excluding hydrogens is 236 g/mol. The molecule has 3 nitrogen and oxygen atoms in total. The molecule has 0 fully saturated rings. The summed E-state index contributed by atoms with van der Waals surface area (Å²) < 4.78 is 0. The zero-order valence-corrected chi connectivity index (χ0v) is 11.8. The summed E-state index contributed by atoms with van der Waals surface area (Å²) in [5, 5.41) is 3.10. The van der Waals surface area contributed by atoms with Gasteiger partial charge in [0, 0.05) is 12.1 Å². The number of carbonyl (C=O) groups is 1. The molecule has 1 N–H and O–H groups in total. The van der Waals surface area contributed by atoms with Gasteiger partial charge in [0.25, 0.3) is 5.91 Å². The molecule has 0 saturated heterocycles. The number of amides is 1. The van der Waals surface area contributed by atoms with Crippen LogP contribution in [0.5, 0.6) is 0 Å². The van der Waals surface area contributed by atoms with Crippen molar-refractivity contribution in [3.63, 3.8) is 0 Å². The van der Waals surface area contributed by atoms with Gasteiger partial charge in [0.05, 0.1) is 6.54 Å². The molecule has 3 heteroatoms. The van der Waals surface area contributed by atoms with Crippen molar-refractivity contribution in [1.29, 1.82) is 0 Å². The number of terminal acetylenes is 1. The smallest absolute Gasteiger partial charge is 0.254 e. The van der Waals surface area contributed by atoms with Gasteiger partial charge in [-0.3, -0.25) is 4.79 Å². The standard InChI is InChI=1S/C16H22N2O/c1-4-12-18(13-5-2)16(19)15-9-7-6-8-14(15)10-11-17-3/h1,6-9,17H,5,10-13H2,2-3H3. The van der Waals surface area contributed by atoms with Gasteiger partial charge in [0.15, 0.2) is 0 Å². The summed E-state index contributed by atoms with van der Waals surface area (Å²) in [6, 6.07) is 7.75. The Morgan fingerprint density at radius 2 is 2.16 bits per heavy atom. The number of nitrogens with one attached hydrogen (secondary N) is 1. The van der Waals surface area contributed by atoms with Gasteiger partial charge in [-0.1, -0.05) is 31.0 Å². The summed E-state index contributed by atoms with van der Waals surface area (Å²) in [5.74, 6) is 2.59. The van der Waals surface area contributed by atoms with Crippen LogP contribution in [0.4, 0.5) is 0 Å². The first-order valence-corrected chi connectivity index (χ1v) is 6.69. The van der Waals surface area contributed by atoms with Crippen molar-refractivity contribution in [3.8, 4) is 12.3 Å². The third-order valence-corrected chi connectivity index (χ3v) is 2.95. The molecule has 0 aliphatic carbocycles. The molecule has 0 saturated carbocycles. The van der Waals surface area contributed by atoms with Crippen molar-refractivity contribution in [3.05, 3.63) is 35.4 Å². The normalized spacial score (nSPS) is 9.95. The third-order valence-electron chi connectivity index (χ3n) is 2.95. The van der Waals surface area contributed by atoms with E-state index in [9.17, 15) is 4.79 Å². The minimum absolute atomic E-state index is 0.0338. The molecule has 0 aliphatic heterocycles. The Morgan fingerprint density at radius 1 is 1.42 bits per heavy atom. The maximum absolute atomic E-state index is 12.5. The molecule has 19 heavy (non-hydrogen) atoms. The highest BCUT2D eigenvalue weighted by atomic mass is 16.2. The van der Waals surface area contributed by atoms with Crippen LogP contribution in [0.3, 0.4) is 0 Å². The molecule has 1 rings (SSSR count). The summed E-state index contributed by atoms with van der Waals surface area (Å²) in [7, 11) is 1.91. The van der Waals surface area contributed by atoms with Crippen LogP contribution < -0.4 is 5.32 Å². The van der Waals surface area contributed by atoms with E-state index in [1.54, 1.807) is 4.90 Å². The monoisotopic (exact) mass is 258 g/mol. The van der Waals surface area contributed by atoms with E-state index < -0.39 is 0 Å². The Balaban J connectivity index is 2.93. The topological polar surface area (TPSA) is 32.3 Å². The van der Waals surface area contributed by atoms with E-state index in [4.69, 9.17) is 6.42 Å². The first kappa shape index (κ1) is 15.3. The number of rotatable bonds is 7. The summed E-state index contributed by atoms with van der Waals surface area (Å²) in [4.78, 5) is 14.3. The van der Waals surface area contributed by atoms with E-state index in [1.165, 1.54) is 0 Å². The van der Waals surface area contributed by atoms with Gasteiger partial charge < -0.3 is 10.2 Å². The van der Waals surface area contributed by atoms with Crippen LogP contribution in [-0.2, 0) is 6.42 Å². The van der Waals surface area contributed by atoms with E-state index >= 15 is 0 Å². The van der Waals surface area contributed by atoms with Gasteiger partial charge in [-0.15, -0.1) is 6.42 Å². The highest BCUT2D eigenvalue weighted by molar-refractivity contribution is 5.95. The highest BCUT2D eigenvalue weighted by Gasteiger charge is 2.16. The molecule has 1 aromatic rings. The number of likely N-dealkylation sites (N-methyl/N-ethyl adjacent to an activating group) is 1. The Morgan fingerprint density at radius 3 is 2.79 bits per heavy atom. The fourth-order valence-electron chi connectivity index (χ4n) is 2.01. The maximum atomic E-state index is 12.5. The quantitative estimate of drug-likeness (QED) is 0.758. The SMILES string of the molecule is C#CCN(CCC)C(=O)c1ccccc1CCNC. The largest absolute Gasteiger partial charge is 0.328 e. The fourth-order valence-corrected chi connectivity index (χ4v) is 2.01. The van der Waals surface area contributed by atoms with Crippen molar-refractivity contribution in [2.75, 3.05) is 26.7 Å². The van der Waals surface area contributed by atoms with E-state index in [2.05, 4.69) is 11.2 Å².